The Hall–Kier alpha value is -1.50. The largest absolute Gasteiger partial charge is 0.244 e. The van der Waals surface area contributed by atoms with Crippen molar-refractivity contribution < 1.29 is 17.2 Å². The molecule has 0 heterocycles. The highest BCUT2D eigenvalue weighted by Gasteiger charge is 2.33. The van der Waals surface area contributed by atoms with Crippen molar-refractivity contribution in [2.75, 3.05) is 6.54 Å². The average molecular weight is 372 g/mol. The summed E-state index contributed by atoms with van der Waals surface area (Å²) in [5, 5.41) is -0.144. The minimum absolute atomic E-state index is 0.117. The van der Waals surface area contributed by atoms with E-state index in [1.165, 1.54) is 22.5 Å². The first-order chi connectivity index (χ1) is 11.4. The van der Waals surface area contributed by atoms with Crippen LogP contribution in [0.2, 0.25) is 5.02 Å². The topological polar surface area (TPSA) is 37.4 Å². The fraction of sp³-hybridized carbons (Fsp3) is 0.294. The predicted octanol–water partition coefficient (Wildman–Crippen LogP) is 4.22. The van der Waals surface area contributed by atoms with Crippen molar-refractivity contribution in [1.82, 2.24) is 4.31 Å². The van der Waals surface area contributed by atoms with Gasteiger partial charge in [0.2, 0.25) is 10.0 Å². The summed E-state index contributed by atoms with van der Waals surface area (Å²) in [4.78, 5) is -0.117. The summed E-state index contributed by atoms with van der Waals surface area (Å²) in [6.45, 7) is 0.486. The molecule has 0 unspecified atom stereocenters. The molecule has 0 amide bonds. The second kappa shape index (κ2) is 6.78. The fourth-order valence-electron chi connectivity index (χ4n) is 2.45. The number of rotatable bonds is 6. The Morgan fingerprint density at radius 3 is 2.25 bits per heavy atom. The van der Waals surface area contributed by atoms with Gasteiger partial charge in [0.1, 0.15) is 16.5 Å². The quantitative estimate of drug-likeness (QED) is 0.762. The first-order valence-corrected chi connectivity index (χ1v) is 9.38. The number of benzene rings is 2. The van der Waals surface area contributed by atoms with Crippen LogP contribution in [0.5, 0.6) is 0 Å². The highest BCUT2D eigenvalue weighted by atomic mass is 35.5. The van der Waals surface area contributed by atoms with Crippen LogP contribution in [-0.2, 0) is 16.6 Å². The van der Waals surface area contributed by atoms with Crippen molar-refractivity contribution in [1.29, 1.82) is 0 Å². The maximum absolute atomic E-state index is 13.2. The molecular weight excluding hydrogens is 356 g/mol. The smallest absolute Gasteiger partial charge is 0.207 e. The van der Waals surface area contributed by atoms with Crippen LogP contribution in [-0.4, -0.2) is 19.3 Å². The normalized spacial score (nSPS) is 15.0. The summed E-state index contributed by atoms with van der Waals surface area (Å²) in [5.41, 5.74) is 0.679. The minimum Gasteiger partial charge on any atom is -0.207 e. The van der Waals surface area contributed by atoms with Crippen LogP contribution in [0.1, 0.15) is 18.4 Å². The summed E-state index contributed by atoms with van der Waals surface area (Å²) < 4.78 is 53.5. The first kappa shape index (κ1) is 17.3. The molecule has 0 aromatic heterocycles. The lowest BCUT2D eigenvalue weighted by atomic mass is 10.2. The molecule has 1 aliphatic carbocycles. The van der Waals surface area contributed by atoms with E-state index in [0.717, 1.165) is 25.0 Å². The summed E-state index contributed by atoms with van der Waals surface area (Å²) in [6, 6.07) is 8.93. The lowest BCUT2D eigenvalue weighted by Gasteiger charge is -2.23. The Bertz CT molecular complexity index is 836. The lowest BCUT2D eigenvalue weighted by Crippen LogP contribution is -2.32. The van der Waals surface area contributed by atoms with E-state index in [1.807, 2.05) is 0 Å². The molecule has 0 radical (unpaired) electrons. The summed E-state index contributed by atoms with van der Waals surface area (Å²) in [6.07, 6.45) is 1.96. The molecule has 2 aromatic carbocycles. The summed E-state index contributed by atoms with van der Waals surface area (Å²) in [5.74, 6) is -0.650. The van der Waals surface area contributed by atoms with Crippen molar-refractivity contribution in [2.45, 2.75) is 24.3 Å². The third-order valence-electron chi connectivity index (χ3n) is 3.94. The molecule has 1 aliphatic rings. The average Bonchev–Trinajstić information content (AvgIpc) is 3.32. The Morgan fingerprint density at radius 1 is 1.04 bits per heavy atom. The second-order valence-corrected chi connectivity index (χ2v) is 8.26. The van der Waals surface area contributed by atoms with Crippen LogP contribution < -0.4 is 0 Å². The number of hydrogen-bond donors (Lipinski definition) is 0. The molecule has 7 heteroatoms. The molecule has 3 nitrogen and oxygen atoms in total. The molecule has 24 heavy (non-hydrogen) atoms. The minimum atomic E-state index is -3.87. The maximum atomic E-state index is 13.2. The van der Waals surface area contributed by atoms with Crippen LogP contribution >= 0.6 is 11.6 Å². The molecular formula is C17H16ClF2NO2S. The van der Waals surface area contributed by atoms with Gasteiger partial charge in [0.15, 0.2) is 0 Å². The molecule has 0 aliphatic heterocycles. The first-order valence-electron chi connectivity index (χ1n) is 7.56. The van der Waals surface area contributed by atoms with Gasteiger partial charge in [0, 0.05) is 13.1 Å². The van der Waals surface area contributed by atoms with Gasteiger partial charge in [-0.2, -0.15) is 4.31 Å². The van der Waals surface area contributed by atoms with E-state index in [-0.39, 0.29) is 22.3 Å². The van der Waals surface area contributed by atoms with Crippen molar-refractivity contribution in [3.8, 4) is 0 Å². The van der Waals surface area contributed by atoms with E-state index in [1.54, 1.807) is 12.1 Å². The zero-order valence-corrected chi connectivity index (χ0v) is 14.3. The second-order valence-electron chi connectivity index (χ2n) is 5.94. The Kier molecular flexibility index (Phi) is 4.90. The van der Waals surface area contributed by atoms with Gasteiger partial charge in [-0.1, -0.05) is 23.7 Å². The fourth-order valence-corrected chi connectivity index (χ4v) is 4.46. The molecule has 0 atom stereocenters. The van der Waals surface area contributed by atoms with E-state index < -0.39 is 15.8 Å². The molecule has 1 fully saturated rings. The number of halogens is 3. The van der Waals surface area contributed by atoms with Crippen LogP contribution in [0, 0.1) is 17.6 Å². The van der Waals surface area contributed by atoms with E-state index in [2.05, 4.69) is 0 Å². The molecule has 0 saturated heterocycles. The molecule has 3 rings (SSSR count). The van der Waals surface area contributed by atoms with Gasteiger partial charge in [-0.3, -0.25) is 0 Å². The van der Waals surface area contributed by atoms with Gasteiger partial charge < -0.3 is 0 Å². The van der Waals surface area contributed by atoms with Gasteiger partial charge in [0.25, 0.3) is 0 Å². The lowest BCUT2D eigenvalue weighted by molar-refractivity contribution is 0.391. The van der Waals surface area contributed by atoms with E-state index in [9.17, 15) is 17.2 Å². The van der Waals surface area contributed by atoms with Gasteiger partial charge >= 0.3 is 0 Å². The molecule has 0 bridgehead atoms. The van der Waals surface area contributed by atoms with E-state index in [4.69, 9.17) is 11.6 Å². The highest BCUT2D eigenvalue weighted by molar-refractivity contribution is 7.89. The Labute approximate surface area is 144 Å². The third-order valence-corrected chi connectivity index (χ3v) is 6.24. The van der Waals surface area contributed by atoms with Crippen molar-refractivity contribution in [3.05, 3.63) is 64.7 Å². The monoisotopic (exact) mass is 371 g/mol. The van der Waals surface area contributed by atoms with Gasteiger partial charge in [-0.05, 0) is 54.7 Å². The Balaban J connectivity index is 1.92. The maximum Gasteiger partial charge on any atom is 0.244 e. The number of hydrogen-bond acceptors (Lipinski definition) is 2. The molecule has 0 spiro atoms. The standard InChI is InChI=1S/C17H16ClF2NO2S/c18-16-9-15(20)7-8-17(16)24(22,23)21(10-12-1-2-12)11-13-3-5-14(19)6-4-13/h3-9,12H,1-2,10-11H2. The molecule has 128 valence electrons. The zero-order valence-electron chi connectivity index (χ0n) is 12.8. The highest BCUT2D eigenvalue weighted by Crippen LogP contribution is 2.34. The van der Waals surface area contributed by atoms with Crippen molar-refractivity contribution >= 4 is 21.6 Å². The summed E-state index contributed by atoms with van der Waals surface area (Å²) >= 11 is 5.94. The Morgan fingerprint density at radius 2 is 1.67 bits per heavy atom. The van der Waals surface area contributed by atoms with Crippen LogP contribution in [0.4, 0.5) is 8.78 Å². The van der Waals surface area contributed by atoms with Crippen LogP contribution in [0.25, 0.3) is 0 Å². The molecule has 0 N–H and O–H groups in total. The number of sulfonamides is 1. The van der Waals surface area contributed by atoms with Crippen molar-refractivity contribution in [3.63, 3.8) is 0 Å². The molecule has 1 saturated carbocycles. The van der Waals surface area contributed by atoms with Gasteiger partial charge in [-0.15, -0.1) is 0 Å². The zero-order chi connectivity index (χ0) is 17.3. The van der Waals surface area contributed by atoms with Crippen LogP contribution in [0.3, 0.4) is 0 Å². The van der Waals surface area contributed by atoms with Gasteiger partial charge in [-0.25, -0.2) is 17.2 Å². The SMILES string of the molecule is O=S(=O)(c1ccc(F)cc1Cl)N(Cc1ccc(F)cc1)CC1CC1. The third kappa shape index (κ3) is 3.94. The predicted molar refractivity (Wildman–Crippen MR) is 88.1 cm³/mol. The van der Waals surface area contributed by atoms with E-state index >= 15 is 0 Å². The number of nitrogens with zero attached hydrogens (tertiary/aromatic N) is 1. The van der Waals surface area contributed by atoms with Gasteiger partial charge in [0.05, 0.1) is 5.02 Å². The van der Waals surface area contributed by atoms with Crippen LogP contribution in [0.15, 0.2) is 47.4 Å². The van der Waals surface area contributed by atoms with E-state index in [0.29, 0.717) is 18.0 Å². The summed E-state index contributed by atoms with van der Waals surface area (Å²) in [7, 11) is -3.87. The molecule has 2 aromatic rings. The van der Waals surface area contributed by atoms with Crippen molar-refractivity contribution in [2.24, 2.45) is 5.92 Å².